The van der Waals surface area contributed by atoms with Crippen LogP contribution >= 0.6 is 11.8 Å². The predicted octanol–water partition coefficient (Wildman–Crippen LogP) is 1.82. The van der Waals surface area contributed by atoms with Gasteiger partial charge in [-0.15, -0.1) is 11.8 Å². The molecule has 2 unspecified atom stereocenters. The average molecular weight is 278 g/mol. The first-order valence-electron chi connectivity index (χ1n) is 6.23. The smallest absolute Gasteiger partial charge is 0.246 e. The van der Waals surface area contributed by atoms with Crippen LogP contribution in [-0.4, -0.2) is 36.1 Å². The molecule has 0 aromatic heterocycles. The molecule has 1 saturated heterocycles. The van der Waals surface area contributed by atoms with E-state index in [4.69, 9.17) is 0 Å². The number of hydrogen-bond acceptors (Lipinski definition) is 4. The van der Waals surface area contributed by atoms with E-state index in [1.807, 2.05) is 13.2 Å². The Kier molecular flexibility index (Phi) is 4.27. The van der Waals surface area contributed by atoms with Gasteiger partial charge in [-0.25, -0.2) is 0 Å². The summed E-state index contributed by atoms with van der Waals surface area (Å²) in [6.45, 7) is 2.00. The standard InChI is InChI=1S/C14H18N2O2S/c1-9(10-4-6-11(19-3)7-5-10)15-12-8-13(17)16(2)14(12)18/h4-7,9,12,15H,8H2,1-3H3. The van der Waals surface area contributed by atoms with Crippen LogP contribution in [-0.2, 0) is 9.59 Å². The fraction of sp³-hybridized carbons (Fsp3) is 0.429. The van der Waals surface area contributed by atoms with Gasteiger partial charge in [0, 0.05) is 18.0 Å². The second-order valence-electron chi connectivity index (χ2n) is 4.71. The van der Waals surface area contributed by atoms with Crippen LogP contribution < -0.4 is 5.32 Å². The first-order chi connectivity index (χ1) is 9.02. The molecule has 2 rings (SSSR count). The molecule has 1 aromatic carbocycles. The lowest BCUT2D eigenvalue weighted by molar-refractivity contribution is -0.137. The minimum atomic E-state index is -0.396. The summed E-state index contributed by atoms with van der Waals surface area (Å²) < 4.78 is 0. The Labute approximate surface area is 117 Å². The number of carbonyl (C=O) groups is 2. The van der Waals surface area contributed by atoms with Crippen molar-refractivity contribution in [2.24, 2.45) is 0 Å². The maximum Gasteiger partial charge on any atom is 0.246 e. The highest BCUT2D eigenvalue weighted by atomic mass is 32.2. The van der Waals surface area contributed by atoms with Crippen LogP contribution in [0.1, 0.15) is 24.9 Å². The largest absolute Gasteiger partial charge is 0.299 e. The van der Waals surface area contributed by atoms with E-state index in [0.29, 0.717) is 0 Å². The number of hydrogen-bond donors (Lipinski definition) is 1. The number of benzene rings is 1. The third-order valence-corrected chi connectivity index (χ3v) is 4.19. The van der Waals surface area contributed by atoms with E-state index in [2.05, 4.69) is 29.6 Å². The maximum atomic E-state index is 11.8. The number of likely N-dealkylation sites (tertiary alicyclic amines) is 1. The van der Waals surface area contributed by atoms with Crippen molar-refractivity contribution in [3.8, 4) is 0 Å². The first kappa shape index (κ1) is 14.1. The molecule has 4 nitrogen and oxygen atoms in total. The third-order valence-electron chi connectivity index (χ3n) is 3.45. The Morgan fingerprint density at radius 2 is 1.95 bits per heavy atom. The molecule has 1 fully saturated rings. The Bertz CT molecular complexity index is 487. The van der Waals surface area contributed by atoms with Crippen molar-refractivity contribution in [3.05, 3.63) is 29.8 Å². The van der Waals surface area contributed by atoms with E-state index >= 15 is 0 Å². The van der Waals surface area contributed by atoms with Gasteiger partial charge in [0.2, 0.25) is 11.8 Å². The van der Waals surface area contributed by atoms with Crippen LogP contribution in [0.2, 0.25) is 0 Å². The van der Waals surface area contributed by atoms with Crippen LogP contribution in [0.5, 0.6) is 0 Å². The molecular weight excluding hydrogens is 260 g/mol. The number of nitrogens with one attached hydrogen (secondary N) is 1. The molecule has 1 aliphatic rings. The molecule has 1 heterocycles. The van der Waals surface area contributed by atoms with E-state index in [9.17, 15) is 9.59 Å². The minimum Gasteiger partial charge on any atom is -0.299 e. The van der Waals surface area contributed by atoms with E-state index in [1.165, 1.54) is 16.8 Å². The molecule has 0 saturated carbocycles. The average Bonchev–Trinajstić information content (AvgIpc) is 2.66. The highest BCUT2D eigenvalue weighted by Crippen LogP contribution is 2.21. The number of thioether (sulfide) groups is 1. The Morgan fingerprint density at radius 1 is 1.32 bits per heavy atom. The summed E-state index contributed by atoms with van der Waals surface area (Å²) in [7, 11) is 1.53. The summed E-state index contributed by atoms with van der Waals surface area (Å²) in [5, 5.41) is 3.22. The predicted molar refractivity (Wildman–Crippen MR) is 76.0 cm³/mol. The number of nitrogens with zero attached hydrogens (tertiary/aromatic N) is 1. The van der Waals surface area contributed by atoms with Gasteiger partial charge in [0.25, 0.3) is 0 Å². The highest BCUT2D eigenvalue weighted by molar-refractivity contribution is 7.98. The molecule has 0 radical (unpaired) electrons. The lowest BCUT2D eigenvalue weighted by Gasteiger charge is -2.18. The zero-order valence-corrected chi connectivity index (χ0v) is 12.2. The zero-order chi connectivity index (χ0) is 14.0. The van der Waals surface area contributed by atoms with Crippen molar-refractivity contribution in [2.75, 3.05) is 13.3 Å². The number of likely N-dealkylation sites (N-methyl/N-ethyl adjacent to an activating group) is 1. The fourth-order valence-electron chi connectivity index (χ4n) is 2.18. The number of carbonyl (C=O) groups excluding carboxylic acids is 2. The molecule has 1 N–H and O–H groups in total. The van der Waals surface area contributed by atoms with Gasteiger partial charge in [-0.2, -0.15) is 0 Å². The molecule has 0 aliphatic carbocycles. The molecule has 1 aliphatic heterocycles. The van der Waals surface area contributed by atoms with Crippen molar-refractivity contribution in [3.63, 3.8) is 0 Å². The fourth-order valence-corrected chi connectivity index (χ4v) is 2.58. The van der Waals surface area contributed by atoms with Crippen molar-refractivity contribution in [1.29, 1.82) is 0 Å². The summed E-state index contributed by atoms with van der Waals surface area (Å²) in [5.41, 5.74) is 1.12. The Hall–Kier alpha value is -1.33. The van der Waals surface area contributed by atoms with E-state index in [1.54, 1.807) is 11.8 Å². The number of amides is 2. The lowest BCUT2D eigenvalue weighted by atomic mass is 10.1. The SMILES string of the molecule is CSc1ccc(C(C)NC2CC(=O)N(C)C2=O)cc1. The summed E-state index contributed by atoms with van der Waals surface area (Å²) in [6, 6.07) is 7.87. The summed E-state index contributed by atoms with van der Waals surface area (Å²) in [6.07, 6.45) is 2.29. The number of rotatable bonds is 4. The normalized spacial score (nSPS) is 21.0. The van der Waals surface area contributed by atoms with Crippen molar-refractivity contribution >= 4 is 23.6 Å². The van der Waals surface area contributed by atoms with Gasteiger partial charge in [0.15, 0.2) is 0 Å². The summed E-state index contributed by atoms with van der Waals surface area (Å²) in [4.78, 5) is 25.7. The molecule has 1 aromatic rings. The summed E-state index contributed by atoms with van der Waals surface area (Å²) >= 11 is 1.70. The summed E-state index contributed by atoms with van der Waals surface area (Å²) in [5.74, 6) is -0.259. The minimum absolute atomic E-state index is 0.0455. The van der Waals surface area contributed by atoms with E-state index in [0.717, 1.165) is 5.56 Å². The van der Waals surface area contributed by atoms with Crippen molar-refractivity contribution in [1.82, 2.24) is 10.2 Å². The molecule has 0 spiro atoms. The molecule has 0 bridgehead atoms. The van der Waals surface area contributed by atoms with Crippen LogP contribution in [0.25, 0.3) is 0 Å². The van der Waals surface area contributed by atoms with Crippen molar-refractivity contribution in [2.45, 2.75) is 30.3 Å². The monoisotopic (exact) mass is 278 g/mol. The molecule has 5 heteroatoms. The molecule has 19 heavy (non-hydrogen) atoms. The van der Waals surface area contributed by atoms with Gasteiger partial charge in [0.05, 0.1) is 12.5 Å². The van der Waals surface area contributed by atoms with Gasteiger partial charge in [-0.05, 0) is 30.9 Å². The third kappa shape index (κ3) is 2.98. The second-order valence-corrected chi connectivity index (χ2v) is 5.59. The highest BCUT2D eigenvalue weighted by Gasteiger charge is 2.36. The molecule has 2 atom stereocenters. The van der Waals surface area contributed by atoms with Gasteiger partial charge in [-0.3, -0.25) is 19.8 Å². The lowest BCUT2D eigenvalue weighted by Crippen LogP contribution is -2.38. The first-order valence-corrected chi connectivity index (χ1v) is 7.46. The van der Waals surface area contributed by atoms with Gasteiger partial charge in [-0.1, -0.05) is 12.1 Å². The van der Waals surface area contributed by atoms with Gasteiger partial charge < -0.3 is 0 Å². The van der Waals surface area contributed by atoms with E-state index in [-0.39, 0.29) is 24.3 Å². The maximum absolute atomic E-state index is 11.8. The molecule has 2 amide bonds. The molecular formula is C14H18N2O2S. The van der Waals surface area contributed by atoms with Crippen LogP contribution in [0.15, 0.2) is 29.2 Å². The van der Waals surface area contributed by atoms with Crippen LogP contribution in [0.4, 0.5) is 0 Å². The Morgan fingerprint density at radius 3 is 2.42 bits per heavy atom. The zero-order valence-electron chi connectivity index (χ0n) is 11.3. The van der Waals surface area contributed by atoms with Crippen LogP contribution in [0, 0.1) is 0 Å². The van der Waals surface area contributed by atoms with Gasteiger partial charge in [0.1, 0.15) is 0 Å². The van der Waals surface area contributed by atoms with Crippen molar-refractivity contribution < 1.29 is 9.59 Å². The quantitative estimate of drug-likeness (QED) is 0.674. The van der Waals surface area contributed by atoms with Crippen LogP contribution in [0.3, 0.4) is 0 Å². The molecule has 102 valence electrons. The van der Waals surface area contributed by atoms with Gasteiger partial charge >= 0.3 is 0 Å². The Balaban J connectivity index is 2.02. The topological polar surface area (TPSA) is 49.4 Å². The van der Waals surface area contributed by atoms with E-state index < -0.39 is 6.04 Å². The number of imide groups is 1. The second kappa shape index (κ2) is 5.75.